The van der Waals surface area contributed by atoms with E-state index in [0.29, 0.717) is 5.56 Å². The molecule has 0 saturated carbocycles. The second kappa shape index (κ2) is 5.92. The van der Waals surface area contributed by atoms with Crippen LogP contribution in [0.3, 0.4) is 0 Å². The van der Waals surface area contributed by atoms with Crippen molar-refractivity contribution in [1.82, 2.24) is 14.8 Å². The number of halogens is 1. The molecule has 0 fully saturated rings. The highest BCUT2D eigenvalue weighted by molar-refractivity contribution is 7.98. The molecule has 0 aliphatic heterocycles. The number of carboxylic acids is 1. The van der Waals surface area contributed by atoms with Crippen molar-refractivity contribution < 1.29 is 14.3 Å². The number of nitrogens with zero attached hydrogens (tertiary/aromatic N) is 2. The molecule has 2 N–H and O–H groups in total. The number of hydrogen-bond acceptors (Lipinski definition) is 5. The maximum atomic E-state index is 13.3. The lowest BCUT2D eigenvalue weighted by Crippen LogP contribution is -2.33. The molecule has 0 radical (unpaired) electrons. The normalized spacial score (nSPS) is 10.6. The average Bonchev–Trinajstić information content (AvgIpc) is 2.40. The Labute approximate surface area is 121 Å². The Morgan fingerprint density at radius 2 is 2.14 bits per heavy atom. The largest absolute Gasteiger partial charge is 0.478 e. The third-order valence-electron chi connectivity index (χ3n) is 2.52. The van der Waals surface area contributed by atoms with Crippen molar-refractivity contribution in [3.05, 3.63) is 55.9 Å². The molecule has 2 aromatic rings. The topological polar surface area (TPSA) is 105 Å². The summed E-state index contributed by atoms with van der Waals surface area (Å²) in [5.74, 6) is -1.69. The Morgan fingerprint density at radius 3 is 2.81 bits per heavy atom. The van der Waals surface area contributed by atoms with Crippen molar-refractivity contribution in [1.29, 1.82) is 0 Å². The quantitative estimate of drug-likeness (QED) is 0.633. The fraction of sp³-hybridized carbons (Fsp3) is 0.167. The lowest BCUT2D eigenvalue weighted by Gasteiger charge is -2.06. The molecule has 0 spiro atoms. The van der Waals surface area contributed by atoms with Crippen LogP contribution in [0.4, 0.5) is 4.39 Å². The number of aryl methyl sites for hydroxylation is 1. The Hall–Kier alpha value is -2.42. The fourth-order valence-corrected chi connectivity index (χ4v) is 2.44. The van der Waals surface area contributed by atoms with Crippen LogP contribution >= 0.6 is 11.8 Å². The molecule has 0 amide bonds. The smallest absolute Gasteiger partial charge is 0.339 e. The molecule has 7 nitrogen and oxygen atoms in total. The third-order valence-corrected chi connectivity index (χ3v) is 3.62. The minimum Gasteiger partial charge on any atom is -0.478 e. The summed E-state index contributed by atoms with van der Waals surface area (Å²) in [6.07, 6.45) is 0. The lowest BCUT2D eigenvalue weighted by atomic mass is 10.1. The number of thioether (sulfide) groups is 1. The first kappa shape index (κ1) is 15.0. The van der Waals surface area contributed by atoms with E-state index in [0.717, 1.165) is 17.8 Å². The standard InChI is InChI=1S/C12H10FN3O4S/c1-16-12(14-9(17)10(18)15-16)21-5-6-2-7(11(19)20)4-8(13)3-6/h2-4H,5H2,1H3,(H,15,18)(H,19,20). The zero-order chi connectivity index (χ0) is 15.6. The van der Waals surface area contributed by atoms with Gasteiger partial charge in [-0.05, 0) is 23.8 Å². The summed E-state index contributed by atoms with van der Waals surface area (Å²) in [6, 6.07) is 3.45. The van der Waals surface area contributed by atoms with Gasteiger partial charge in [0.2, 0.25) is 0 Å². The number of benzene rings is 1. The van der Waals surface area contributed by atoms with Gasteiger partial charge in [-0.15, -0.1) is 0 Å². The minimum absolute atomic E-state index is 0.158. The molecule has 1 heterocycles. The molecule has 1 aromatic carbocycles. The van der Waals surface area contributed by atoms with Crippen molar-refractivity contribution in [3.63, 3.8) is 0 Å². The second-order valence-electron chi connectivity index (χ2n) is 4.14. The summed E-state index contributed by atoms with van der Waals surface area (Å²) in [7, 11) is 1.50. The van der Waals surface area contributed by atoms with Crippen molar-refractivity contribution in [2.75, 3.05) is 0 Å². The van der Waals surface area contributed by atoms with Gasteiger partial charge in [0.15, 0.2) is 5.16 Å². The number of nitrogens with one attached hydrogen (secondary N) is 1. The molecule has 0 saturated heterocycles. The first-order chi connectivity index (χ1) is 9.86. The van der Waals surface area contributed by atoms with Crippen LogP contribution in [0.1, 0.15) is 15.9 Å². The van der Waals surface area contributed by atoms with Gasteiger partial charge in [0, 0.05) is 12.8 Å². The van der Waals surface area contributed by atoms with Crippen LogP contribution in [0.2, 0.25) is 0 Å². The molecule has 9 heteroatoms. The zero-order valence-corrected chi connectivity index (χ0v) is 11.6. The number of carboxylic acid groups (broad SMARTS) is 1. The molecule has 0 aliphatic rings. The fourth-order valence-electron chi connectivity index (χ4n) is 1.59. The van der Waals surface area contributed by atoms with Crippen molar-refractivity contribution in [3.8, 4) is 0 Å². The molecule has 110 valence electrons. The number of aromatic carboxylic acids is 1. The van der Waals surface area contributed by atoms with E-state index in [9.17, 15) is 18.8 Å². The van der Waals surface area contributed by atoms with Gasteiger partial charge in [0.1, 0.15) is 5.82 Å². The average molecular weight is 311 g/mol. The van der Waals surface area contributed by atoms with E-state index in [1.54, 1.807) is 0 Å². The van der Waals surface area contributed by atoms with Gasteiger partial charge in [0.25, 0.3) is 0 Å². The van der Waals surface area contributed by atoms with Crippen LogP contribution in [0, 0.1) is 5.82 Å². The van der Waals surface area contributed by atoms with E-state index in [1.807, 2.05) is 0 Å². The summed E-state index contributed by atoms with van der Waals surface area (Å²) in [6.45, 7) is 0. The van der Waals surface area contributed by atoms with E-state index in [2.05, 4.69) is 10.1 Å². The third kappa shape index (κ3) is 3.57. The van der Waals surface area contributed by atoms with Gasteiger partial charge in [-0.2, -0.15) is 4.98 Å². The number of aromatic amines is 1. The summed E-state index contributed by atoms with van der Waals surface area (Å²) in [5.41, 5.74) is -1.48. The van der Waals surface area contributed by atoms with Gasteiger partial charge in [-0.25, -0.2) is 9.18 Å². The Balaban J connectivity index is 2.24. The number of H-pyrrole nitrogens is 1. The van der Waals surface area contributed by atoms with Gasteiger partial charge in [-0.1, -0.05) is 11.8 Å². The van der Waals surface area contributed by atoms with Crippen LogP contribution in [0.25, 0.3) is 0 Å². The number of carbonyl (C=O) groups is 1. The van der Waals surface area contributed by atoms with Crippen molar-refractivity contribution in [2.24, 2.45) is 7.05 Å². The number of hydrogen-bond donors (Lipinski definition) is 2. The Bertz CT molecular complexity index is 815. The summed E-state index contributed by atoms with van der Waals surface area (Å²) >= 11 is 1.07. The van der Waals surface area contributed by atoms with E-state index >= 15 is 0 Å². The highest BCUT2D eigenvalue weighted by Crippen LogP contribution is 2.20. The van der Waals surface area contributed by atoms with Crippen LogP contribution in [-0.2, 0) is 12.8 Å². The van der Waals surface area contributed by atoms with Gasteiger partial charge in [-0.3, -0.25) is 19.4 Å². The van der Waals surface area contributed by atoms with E-state index in [-0.39, 0.29) is 16.5 Å². The zero-order valence-electron chi connectivity index (χ0n) is 10.8. The molecular weight excluding hydrogens is 301 g/mol. The second-order valence-corrected chi connectivity index (χ2v) is 5.08. The maximum Gasteiger partial charge on any atom is 0.339 e. The predicted octanol–water partition coefficient (Wildman–Crippen LogP) is 0.598. The highest BCUT2D eigenvalue weighted by Gasteiger charge is 2.09. The molecule has 2 rings (SSSR count). The Morgan fingerprint density at radius 1 is 1.43 bits per heavy atom. The molecule has 0 aliphatic carbocycles. The van der Waals surface area contributed by atoms with Crippen molar-refractivity contribution in [2.45, 2.75) is 10.9 Å². The monoisotopic (exact) mass is 311 g/mol. The van der Waals surface area contributed by atoms with Crippen LogP contribution in [-0.4, -0.2) is 25.8 Å². The van der Waals surface area contributed by atoms with E-state index in [4.69, 9.17) is 5.11 Å². The summed E-state index contributed by atoms with van der Waals surface area (Å²) in [4.78, 5) is 36.7. The van der Waals surface area contributed by atoms with E-state index in [1.165, 1.54) is 23.9 Å². The molecular formula is C12H10FN3O4S. The Kier molecular flexibility index (Phi) is 4.22. The lowest BCUT2D eigenvalue weighted by molar-refractivity contribution is 0.0696. The molecule has 0 unspecified atom stereocenters. The molecule has 21 heavy (non-hydrogen) atoms. The first-order valence-electron chi connectivity index (χ1n) is 5.70. The van der Waals surface area contributed by atoms with Crippen LogP contribution in [0.5, 0.6) is 0 Å². The van der Waals surface area contributed by atoms with Crippen molar-refractivity contribution >= 4 is 17.7 Å². The molecule has 0 atom stereocenters. The van der Waals surface area contributed by atoms with Gasteiger partial charge < -0.3 is 5.11 Å². The number of rotatable bonds is 4. The van der Waals surface area contributed by atoms with Gasteiger partial charge >= 0.3 is 17.1 Å². The molecule has 1 aromatic heterocycles. The summed E-state index contributed by atoms with van der Waals surface area (Å²) < 4.78 is 14.6. The number of aromatic nitrogens is 3. The van der Waals surface area contributed by atoms with Gasteiger partial charge in [0.05, 0.1) is 5.56 Å². The molecule has 0 bridgehead atoms. The van der Waals surface area contributed by atoms with Crippen LogP contribution in [0.15, 0.2) is 32.9 Å². The minimum atomic E-state index is -1.23. The predicted molar refractivity (Wildman–Crippen MR) is 73.0 cm³/mol. The van der Waals surface area contributed by atoms with E-state index < -0.39 is 22.9 Å². The first-order valence-corrected chi connectivity index (χ1v) is 6.68. The SMILES string of the molecule is Cn1[nH]c(=O)c(=O)nc1SCc1cc(F)cc(C(=O)O)c1. The van der Waals surface area contributed by atoms with Crippen LogP contribution < -0.4 is 11.1 Å². The summed E-state index contributed by atoms with van der Waals surface area (Å²) in [5, 5.41) is 11.4. The highest BCUT2D eigenvalue weighted by atomic mass is 32.2. The maximum absolute atomic E-state index is 13.3.